The Labute approximate surface area is 129 Å². The van der Waals surface area contributed by atoms with Gasteiger partial charge >= 0.3 is 0 Å². The quantitative estimate of drug-likeness (QED) is 0.814. The van der Waals surface area contributed by atoms with Gasteiger partial charge in [0.25, 0.3) is 0 Å². The number of nitriles is 1. The van der Waals surface area contributed by atoms with Crippen molar-refractivity contribution in [3.63, 3.8) is 0 Å². The van der Waals surface area contributed by atoms with Gasteiger partial charge in [-0.2, -0.15) is 5.26 Å². The summed E-state index contributed by atoms with van der Waals surface area (Å²) >= 11 is 0. The summed E-state index contributed by atoms with van der Waals surface area (Å²) in [6.45, 7) is 1.09. The summed E-state index contributed by atoms with van der Waals surface area (Å²) in [6, 6.07) is 15.4. The van der Waals surface area contributed by atoms with E-state index in [4.69, 9.17) is 19.5 Å². The average molecular weight is 293 g/mol. The Bertz CT molecular complexity index is 759. The number of rotatable bonds is 3. The monoisotopic (exact) mass is 293 g/mol. The van der Waals surface area contributed by atoms with E-state index in [2.05, 4.69) is 6.07 Å². The number of nitrogens with zero attached hydrogens (tertiary/aromatic N) is 1. The van der Waals surface area contributed by atoms with E-state index in [9.17, 15) is 0 Å². The molecule has 0 unspecified atom stereocenters. The lowest BCUT2D eigenvalue weighted by Gasteiger charge is -2.19. The third kappa shape index (κ3) is 2.75. The van der Waals surface area contributed by atoms with E-state index in [1.807, 2.05) is 42.5 Å². The number of ether oxygens (including phenoxy) is 3. The number of allylic oxidation sites excluding steroid dienone is 1. The number of methoxy groups -OCH3 is 1. The molecule has 0 amide bonds. The van der Waals surface area contributed by atoms with E-state index in [1.54, 1.807) is 7.11 Å². The molecule has 4 nitrogen and oxygen atoms in total. The van der Waals surface area contributed by atoms with Gasteiger partial charge in [0.15, 0.2) is 11.5 Å². The zero-order valence-corrected chi connectivity index (χ0v) is 12.2. The van der Waals surface area contributed by atoms with Gasteiger partial charge in [-0.3, -0.25) is 0 Å². The van der Waals surface area contributed by atoms with Crippen LogP contribution >= 0.6 is 0 Å². The van der Waals surface area contributed by atoms with E-state index in [0.717, 1.165) is 28.2 Å². The van der Waals surface area contributed by atoms with Crippen molar-refractivity contribution in [2.75, 3.05) is 20.3 Å². The fraction of sp³-hybridized carbons (Fsp3) is 0.167. The first-order valence-corrected chi connectivity index (χ1v) is 6.96. The lowest BCUT2D eigenvalue weighted by Crippen LogP contribution is -2.15. The summed E-state index contributed by atoms with van der Waals surface area (Å²) in [7, 11) is 1.62. The number of benzene rings is 2. The Morgan fingerprint density at radius 1 is 1.09 bits per heavy atom. The largest absolute Gasteiger partial charge is 0.497 e. The van der Waals surface area contributed by atoms with Crippen LogP contribution in [0.4, 0.5) is 0 Å². The van der Waals surface area contributed by atoms with E-state index in [0.29, 0.717) is 19.0 Å². The van der Waals surface area contributed by atoms with E-state index >= 15 is 0 Å². The fourth-order valence-electron chi connectivity index (χ4n) is 2.40. The summed E-state index contributed by atoms with van der Waals surface area (Å²) in [4.78, 5) is 0. The van der Waals surface area contributed by atoms with Crippen molar-refractivity contribution in [2.24, 2.45) is 0 Å². The zero-order valence-electron chi connectivity index (χ0n) is 12.2. The van der Waals surface area contributed by atoms with Crippen molar-refractivity contribution < 1.29 is 14.2 Å². The Morgan fingerprint density at radius 2 is 1.86 bits per heavy atom. The molecule has 110 valence electrons. The van der Waals surface area contributed by atoms with Crippen molar-refractivity contribution in [3.8, 4) is 23.3 Å². The third-order valence-corrected chi connectivity index (χ3v) is 3.44. The summed E-state index contributed by atoms with van der Waals surface area (Å²) in [5.41, 5.74) is 2.63. The second-order valence-corrected chi connectivity index (χ2v) is 4.78. The smallest absolute Gasteiger partial charge is 0.161 e. The van der Waals surface area contributed by atoms with Gasteiger partial charge in [0.2, 0.25) is 0 Å². The maximum absolute atomic E-state index is 9.11. The molecule has 2 aromatic rings. The van der Waals surface area contributed by atoms with E-state index in [-0.39, 0.29) is 0 Å². The molecule has 0 spiro atoms. The van der Waals surface area contributed by atoms with Crippen LogP contribution in [0.2, 0.25) is 0 Å². The molecule has 3 rings (SSSR count). The topological polar surface area (TPSA) is 51.5 Å². The van der Waals surface area contributed by atoms with Crippen LogP contribution in [0.5, 0.6) is 17.2 Å². The van der Waals surface area contributed by atoms with Crippen molar-refractivity contribution in [1.29, 1.82) is 5.26 Å². The SMILES string of the molecule is COc1cccc(/C(=C\C#N)c2ccc3c(c2)OCCO3)c1. The second kappa shape index (κ2) is 6.23. The van der Waals surface area contributed by atoms with Crippen LogP contribution in [-0.4, -0.2) is 20.3 Å². The summed E-state index contributed by atoms with van der Waals surface area (Å²) in [5, 5.41) is 9.11. The molecular weight excluding hydrogens is 278 g/mol. The summed E-state index contributed by atoms with van der Waals surface area (Å²) in [5.74, 6) is 2.19. The van der Waals surface area contributed by atoms with Crippen molar-refractivity contribution >= 4 is 5.57 Å². The van der Waals surface area contributed by atoms with Crippen LogP contribution in [0.3, 0.4) is 0 Å². The molecule has 0 saturated carbocycles. The van der Waals surface area contributed by atoms with Crippen LogP contribution < -0.4 is 14.2 Å². The number of hydrogen-bond acceptors (Lipinski definition) is 4. The van der Waals surface area contributed by atoms with Gasteiger partial charge in [-0.25, -0.2) is 0 Å². The predicted octanol–water partition coefficient (Wildman–Crippen LogP) is 3.42. The van der Waals surface area contributed by atoms with Crippen LogP contribution in [0.1, 0.15) is 11.1 Å². The summed E-state index contributed by atoms with van der Waals surface area (Å²) < 4.78 is 16.4. The summed E-state index contributed by atoms with van der Waals surface area (Å²) in [6.07, 6.45) is 1.53. The van der Waals surface area contributed by atoms with E-state index < -0.39 is 0 Å². The van der Waals surface area contributed by atoms with Gasteiger partial charge in [0.1, 0.15) is 19.0 Å². The molecular formula is C18H15NO3. The Balaban J connectivity index is 2.05. The minimum absolute atomic E-state index is 0.535. The highest BCUT2D eigenvalue weighted by atomic mass is 16.6. The molecule has 0 aliphatic carbocycles. The van der Waals surface area contributed by atoms with Gasteiger partial charge < -0.3 is 14.2 Å². The van der Waals surface area contributed by atoms with Gasteiger partial charge in [-0.15, -0.1) is 0 Å². The highest BCUT2D eigenvalue weighted by Crippen LogP contribution is 2.35. The third-order valence-electron chi connectivity index (χ3n) is 3.44. The Kier molecular flexibility index (Phi) is 3.97. The van der Waals surface area contributed by atoms with Crippen LogP contribution in [0.15, 0.2) is 48.5 Å². The second-order valence-electron chi connectivity index (χ2n) is 4.78. The molecule has 1 aliphatic rings. The molecule has 22 heavy (non-hydrogen) atoms. The normalized spacial score (nSPS) is 13.4. The van der Waals surface area contributed by atoms with Crippen LogP contribution in [-0.2, 0) is 0 Å². The number of fused-ring (bicyclic) bond motifs is 1. The van der Waals surface area contributed by atoms with Gasteiger partial charge in [0, 0.05) is 6.08 Å². The van der Waals surface area contributed by atoms with Crippen molar-refractivity contribution in [2.45, 2.75) is 0 Å². The lowest BCUT2D eigenvalue weighted by atomic mass is 9.97. The van der Waals surface area contributed by atoms with Crippen molar-refractivity contribution in [1.82, 2.24) is 0 Å². The molecule has 0 N–H and O–H groups in total. The molecule has 0 saturated heterocycles. The first-order valence-electron chi connectivity index (χ1n) is 6.96. The first-order chi connectivity index (χ1) is 10.8. The maximum atomic E-state index is 9.11. The van der Waals surface area contributed by atoms with Gasteiger partial charge in [-0.05, 0) is 41.0 Å². The average Bonchev–Trinajstić information content (AvgIpc) is 2.59. The minimum atomic E-state index is 0.535. The highest BCUT2D eigenvalue weighted by molar-refractivity contribution is 5.82. The zero-order chi connectivity index (χ0) is 15.4. The fourth-order valence-corrected chi connectivity index (χ4v) is 2.40. The van der Waals surface area contributed by atoms with Gasteiger partial charge in [0.05, 0.1) is 13.2 Å². The van der Waals surface area contributed by atoms with E-state index in [1.165, 1.54) is 6.08 Å². The molecule has 0 radical (unpaired) electrons. The Morgan fingerprint density at radius 3 is 2.64 bits per heavy atom. The van der Waals surface area contributed by atoms with Crippen molar-refractivity contribution in [3.05, 3.63) is 59.7 Å². The lowest BCUT2D eigenvalue weighted by molar-refractivity contribution is 0.171. The van der Waals surface area contributed by atoms with Crippen LogP contribution in [0.25, 0.3) is 5.57 Å². The molecule has 4 heteroatoms. The Hall–Kier alpha value is -2.93. The minimum Gasteiger partial charge on any atom is -0.497 e. The molecule has 0 fully saturated rings. The standard InChI is InChI=1S/C18H15NO3/c1-20-15-4-2-3-13(11-15)16(7-8-19)14-5-6-17-18(12-14)22-10-9-21-17/h2-7,11-12H,9-10H2,1H3/b16-7+. The predicted molar refractivity (Wildman–Crippen MR) is 83.1 cm³/mol. The molecule has 1 aliphatic heterocycles. The molecule has 0 aromatic heterocycles. The van der Waals surface area contributed by atoms with Crippen LogP contribution in [0, 0.1) is 11.3 Å². The maximum Gasteiger partial charge on any atom is 0.161 e. The first kappa shape index (κ1) is 14.0. The molecule has 0 bridgehead atoms. The molecule has 0 atom stereocenters. The number of hydrogen-bond donors (Lipinski definition) is 0. The van der Waals surface area contributed by atoms with Gasteiger partial charge in [-0.1, -0.05) is 18.2 Å². The molecule has 2 aromatic carbocycles. The molecule has 1 heterocycles. The highest BCUT2D eigenvalue weighted by Gasteiger charge is 2.14.